The molecule has 1 aromatic rings. The summed E-state index contributed by atoms with van der Waals surface area (Å²) < 4.78 is 0. The van der Waals surface area contributed by atoms with E-state index < -0.39 is 0 Å². The number of thioether (sulfide) groups is 1. The SMILES string of the molecule is CCCNCc1cnc(SCC(C)C)c(C)c1. The van der Waals surface area contributed by atoms with E-state index in [1.165, 1.54) is 22.6 Å². The van der Waals surface area contributed by atoms with Crippen LogP contribution in [-0.2, 0) is 6.54 Å². The van der Waals surface area contributed by atoms with Crippen molar-refractivity contribution in [1.82, 2.24) is 10.3 Å². The molecule has 1 aromatic heterocycles. The molecule has 1 N–H and O–H groups in total. The molecule has 0 aliphatic carbocycles. The molecule has 3 heteroatoms. The van der Waals surface area contributed by atoms with Crippen LogP contribution in [0.5, 0.6) is 0 Å². The second-order valence-electron chi connectivity index (χ2n) is 4.85. The van der Waals surface area contributed by atoms with Crippen molar-refractivity contribution in [2.75, 3.05) is 12.3 Å². The summed E-state index contributed by atoms with van der Waals surface area (Å²) in [5.41, 5.74) is 2.58. The topological polar surface area (TPSA) is 24.9 Å². The molecule has 0 spiro atoms. The van der Waals surface area contributed by atoms with Crippen LogP contribution in [-0.4, -0.2) is 17.3 Å². The maximum absolute atomic E-state index is 4.55. The number of nitrogens with zero attached hydrogens (tertiary/aromatic N) is 1. The van der Waals surface area contributed by atoms with E-state index in [9.17, 15) is 0 Å². The molecule has 17 heavy (non-hydrogen) atoms. The van der Waals surface area contributed by atoms with Crippen molar-refractivity contribution in [2.45, 2.75) is 45.7 Å². The fourth-order valence-corrected chi connectivity index (χ4v) is 2.43. The number of pyridine rings is 1. The van der Waals surface area contributed by atoms with Crippen LogP contribution in [0.3, 0.4) is 0 Å². The summed E-state index contributed by atoms with van der Waals surface area (Å²) in [6.45, 7) is 10.8. The van der Waals surface area contributed by atoms with E-state index >= 15 is 0 Å². The quantitative estimate of drug-likeness (QED) is 0.592. The highest BCUT2D eigenvalue weighted by Gasteiger charge is 2.04. The molecular weight excluding hydrogens is 228 g/mol. The van der Waals surface area contributed by atoms with Crippen molar-refractivity contribution in [2.24, 2.45) is 5.92 Å². The lowest BCUT2D eigenvalue weighted by atomic mass is 10.2. The Morgan fingerprint density at radius 2 is 2.18 bits per heavy atom. The van der Waals surface area contributed by atoms with Crippen molar-refractivity contribution in [3.8, 4) is 0 Å². The van der Waals surface area contributed by atoms with Crippen LogP contribution < -0.4 is 5.32 Å². The lowest BCUT2D eigenvalue weighted by Gasteiger charge is -2.09. The number of aryl methyl sites for hydroxylation is 1. The highest BCUT2D eigenvalue weighted by atomic mass is 32.2. The van der Waals surface area contributed by atoms with Gasteiger partial charge in [-0.05, 0) is 36.9 Å². The fourth-order valence-electron chi connectivity index (χ4n) is 1.52. The van der Waals surface area contributed by atoms with Crippen LogP contribution in [0.15, 0.2) is 17.3 Å². The first-order valence-electron chi connectivity index (χ1n) is 6.42. The Hall–Kier alpha value is -0.540. The number of rotatable bonds is 7. The number of nitrogens with one attached hydrogen (secondary N) is 1. The maximum Gasteiger partial charge on any atom is 0.0989 e. The summed E-state index contributed by atoms with van der Waals surface area (Å²) in [6, 6.07) is 2.25. The Balaban J connectivity index is 2.53. The van der Waals surface area contributed by atoms with Crippen molar-refractivity contribution in [3.05, 3.63) is 23.4 Å². The van der Waals surface area contributed by atoms with Gasteiger partial charge in [0, 0.05) is 18.5 Å². The Morgan fingerprint density at radius 3 is 2.76 bits per heavy atom. The molecule has 0 aliphatic heterocycles. The summed E-state index contributed by atoms with van der Waals surface area (Å²) in [4.78, 5) is 4.55. The molecule has 0 fully saturated rings. The lowest BCUT2D eigenvalue weighted by Crippen LogP contribution is -2.14. The van der Waals surface area contributed by atoms with E-state index in [0.29, 0.717) is 5.92 Å². The van der Waals surface area contributed by atoms with E-state index in [1.54, 1.807) is 0 Å². The maximum atomic E-state index is 4.55. The zero-order valence-corrected chi connectivity index (χ0v) is 12.2. The number of aromatic nitrogens is 1. The molecule has 0 radical (unpaired) electrons. The van der Waals surface area contributed by atoms with Crippen molar-refractivity contribution < 1.29 is 0 Å². The molecule has 0 amide bonds. The molecule has 0 saturated heterocycles. The Labute approximate surface area is 110 Å². The van der Waals surface area contributed by atoms with Crippen molar-refractivity contribution >= 4 is 11.8 Å². The molecule has 0 unspecified atom stereocenters. The molecule has 0 saturated carbocycles. The molecule has 0 aromatic carbocycles. The van der Waals surface area contributed by atoms with Gasteiger partial charge in [0.15, 0.2) is 0 Å². The highest BCUT2D eigenvalue weighted by Crippen LogP contribution is 2.22. The molecule has 0 aliphatic rings. The van der Waals surface area contributed by atoms with Crippen molar-refractivity contribution in [3.63, 3.8) is 0 Å². The summed E-state index contributed by atoms with van der Waals surface area (Å²) in [5, 5.41) is 4.58. The predicted octanol–water partition coefficient (Wildman–Crippen LogP) is 3.64. The van der Waals surface area contributed by atoms with Gasteiger partial charge in [0.2, 0.25) is 0 Å². The van der Waals surface area contributed by atoms with Gasteiger partial charge in [-0.1, -0.05) is 26.8 Å². The molecule has 1 heterocycles. The number of hydrogen-bond donors (Lipinski definition) is 1. The van der Waals surface area contributed by atoms with Gasteiger partial charge < -0.3 is 5.32 Å². The monoisotopic (exact) mass is 252 g/mol. The third-order valence-corrected chi connectivity index (χ3v) is 3.93. The highest BCUT2D eigenvalue weighted by molar-refractivity contribution is 7.99. The van der Waals surface area contributed by atoms with Crippen LogP contribution in [0.1, 0.15) is 38.3 Å². The minimum Gasteiger partial charge on any atom is -0.313 e. The van der Waals surface area contributed by atoms with Gasteiger partial charge in [0.25, 0.3) is 0 Å². The minimum absolute atomic E-state index is 0.715. The first kappa shape index (κ1) is 14.5. The van der Waals surface area contributed by atoms with E-state index in [0.717, 1.165) is 18.8 Å². The lowest BCUT2D eigenvalue weighted by molar-refractivity contribution is 0.672. The minimum atomic E-state index is 0.715. The van der Waals surface area contributed by atoms with Gasteiger partial charge in [-0.3, -0.25) is 0 Å². The molecule has 0 atom stereocenters. The van der Waals surface area contributed by atoms with Crippen LogP contribution in [0, 0.1) is 12.8 Å². The first-order chi connectivity index (χ1) is 8.13. The van der Waals surface area contributed by atoms with Crippen LogP contribution in [0.25, 0.3) is 0 Å². The normalized spacial score (nSPS) is 11.1. The average molecular weight is 252 g/mol. The molecule has 0 bridgehead atoms. The predicted molar refractivity (Wildman–Crippen MR) is 76.5 cm³/mol. The van der Waals surface area contributed by atoms with Gasteiger partial charge in [0.1, 0.15) is 0 Å². The van der Waals surface area contributed by atoms with Gasteiger partial charge in [-0.15, -0.1) is 11.8 Å². The summed E-state index contributed by atoms with van der Waals surface area (Å²) in [5.74, 6) is 1.86. The van der Waals surface area contributed by atoms with E-state index in [4.69, 9.17) is 0 Å². The largest absolute Gasteiger partial charge is 0.313 e. The Morgan fingerprint density at radius 1 is 1.41 bits per heavy atom. The summed E-state index contributed by atoms with van der Waals surface area (Å²) >= 11 is 1.86. The summed E-state index contributed by atoms with van der Waals surface area (Å²) in [7, 11) is 0. The first-order valence-corrected chi connectivity index (χ1v) is 7.41. The number of hydrogen-bond acceptors (Lipinski definition) is 3. The Kier molecular flexibility index (Phi) is 6.60. The third-order valence-electron chi connectivity index (χ3n) is 2.40. The average Bonchev–Trinajstić information content (AvgIpc) is 2.28. The van der Waals surface area contributed by atoms with Gasteiger partial charge in [0.05, 0.1) is 5.03 Å². The van der Waals surface area contributed by atoms with Crippen LogP contribution in [0.2, 0.25) is 0 Å². The zero-order chi connectivity index (χ0) is 12.7. The molecule has 96 valence electrons. The van der Waals surface area contributed by atoms with E-state index in [-0.39, 0.29) is 0 Å². The molecular formula is C14H24N2S. The second-order valence-corrected chi connectivity index (χ2v) is 5.86. The zero-order valence-electron chi connectivity index (χ0n) is 11.4. The van der Waals surface area contributed by atoms with Crippen LogP contribution in [0.4, 0.5) is 0 Å². The van der Waals surface area contributed by atoms with Crippen LogP contribution >= 0.6 is 11.8 Å². The van der Waals surface area contributed by atoms with E-state index in [2.05, 4.69) is 44.1 Å². The third kappa shape index (κ3) is 5.55. The summed E-state index contributed by atoms with van der Waals surface area (Å²) in [6.07, 6.45) is 3.17. The van der Waals surface area contributed by atoms with Crippen molar-refractivity contribution in [1.29, 1.82) is 0 Å². The standard InChI is InChI=1S/C14H24N2S/c1-5-6-15-8-13-7-12(4)14(16-9-13)17-10-11(2)3/h7,9,11,15H,5-6,8,10H2,1-4H3. The smallest absolute Gasteiger partial charge is 0.0989 e. The fraction of sp³-hybridized carbons (Fsp3) is 0.643. The van der Waals surface area contributed by atoms with Gasteiger partial charge in [-0.2, -0.15) is 0 Å². The second kappa shape index (κ2) is 7.72. The van der Waals surface area contributed by atoms with Gasteiger partial charge in [-0.25, -0.2) is 4.98 Å². The van der Waals surface area contributed by atoms with E-state index in [1.807, 2.05) is 18.0 Å². The Bertz CT molecular complexity index is 337. The van der Waals surface area contributed by atoms with Gasteiger partial charge >= 0.3 is 0 Å². The molecule has 1 rings (SSSR count). The molecule has 2 nitrogen and oxygen atoms in total.